The van der Waals surface area contributed by atoms with E-state index in [1.165, 1.54) is 11.1 Å². The number of halogens is 1. The number of ether oxygens (including phenoxy) is 2. The van der Waals surface area contributed by atoms with Crippen LogP contribution in [0.25, 0.3) is 0 Å². The maximum Gasteiger partial charge on any atom is 0.193 e. The molecule has 2 rings (SSSR count). The predicted octanol–water partition coefficient (Wildman–Crippen LogP) is 4.24. The van der Waals surface area contributed by atoms with Crippen molar-refractivity contribution in [2.45, 2.75) is 19.3 Å². The zero-order valence-electron chi connectivity index (χ0n) is 16.7. The predicted molar refractivity (Wildman–Crippen MR) is 125 cm³/mol. The topological polar surface area (TPSA) is 46.1 Å². The highest BCUT2D eigenvalue weighted by atomic mass is 127. The molecule has 27 heavy (non-hydrogen) atoms. The number of nitrogens with zero attached hydrogens (tertiary/aromatic N) is 2. The normalized spacial score (nSPS) is 12.1. The fraction of sp³-hybridized carbons (Fsp3) is 0.450. The van der Waals surface area contributed by atoms with Crippen LogP contribution in [0.4, 0.5) is 0 Å². The van der Waals surface area contributed by atoms with E-state index in [1.807, 2.05) is 19.2 Å². The van der Waals surface area contributed by atoms with Crippen LogP contribution in [-0.2, 0) is 6.42 Å². The number of benzene rings is 1. The fourth-order valence-electron chi connectivity index (χ4n) is 2.74. The summed E-state index contributed by atoms with van der Waals surface area (Å²) in [6, 6.07) is 8.23. The second-order valence-corrected chi connectivity index (χ2v) is 7.03. The lowest BCUT2D eigenvalue weighted by Gasteiger charge is -2.23. The summed E-state index contributed by atoms with van der Waals surface area (Å²) in [7, 11) is 7.20. The molecule has 0 aliphatic carbocycles. The number of guanidine groups is 1. The van der Waals surface area contributed by atoms with Gasteiger partial charge >= 0.3 is 0 Å². The van der Waals surface area contributed by atoms with E-state index in [4.69, 9.17) is 9.47 Å². The second-order valence-electron chi connectivity index (χ2n) is 6.25. The van der Waals surface area contributed by atoms with Crippen molar-refractivity contribution in [2.75, 3.05) is 41.4 Å². The number of hydrogen-bond donors (Lipinski definition) is 1. The summed E-state index contributed by atoms with van der Waals surface area (Å²) in [6.45, 7) is 3.96. The SMILES string of the molecule is CN=C(NCC(C)c1ccsc1)N(C)CCc1ccc(OC)c(OC)c1.I. The van der Waals surface area contributed by atoms with Crippen LogP contribution >= 0.6 is 35.3 Å². The molecule has 1 unspecified atom stereocenters. The number of thiophene rings is 1. The van der Waals surface area contributed by atoms with E-state index in [2.05, 4.69) is 52.1 Å². The summed E-state index contributed by atoms with van der Waals surface area (Å²) in [5.74, 6) is 2.88. The molecule has 0 bridgehead atoms. The quantitative estimate of drug-likeness (QED) is 0.333. The molecular formula is C20H30IN3O2S. The van der Waals surface area contributed by atoms with Crippen molar-refractivity contribution in [1.82, 2.24) is 10.2 Å². The lowest BCUT2D eigenvalue weighted by molar-refractivity contribution is 0.354. The van der Waals surface area contributed by atoms with Gasteiger partial charge in [-0.2, -0.15) is 11.3 Å². The van der Waals surface area contributed by atoms with Crippen LogP contribution < -0.4 is 14.8 Å². The molecule has 1 aromatic carbocycles. The molecule has 2 aromatic rings. The number of methoxy groups -OCH3 is 2. The zero-order chi connectivity index (χ0) is 18.9. The maximum absolute atomic E-state index is 5.38. The third-order valence-electron chi connectivity index (χ3n) is 4.44. The minimum atomic E-state index is 0. The highest BCUT2D eigenvalue weighted by molar-refractivity contribution is 14.0. The van der Waals surface area contributed by atoms with E-state index in [0.29, 0.717) is 5.92 Å². The molecule has 5 nitrogen and oxygen atoms in total. The number of rotatable bonds is 8. The van der Waals surface area contributed by atoms with Crippen LogP contribution in [0.5, 0.6) is 11.5 Å². The van der Waals surface area contributed by atoms with E-state index < -0.39 is 0 Å². The van der Waals surface area contributed by atoms with Crippen LogP contribution in [0.1, 0.15) is 24.0 Å². The van der Waals surface area contributed by atoms with Gasteiger partial charge in [-0.1, -0.05) is 13.0 Å². The van der Waals surface area contributed by atoms with Crippen molar-refractivity contribution >= 4 is 41.3 Å². The minimum Gasteiger partial charge on any atom is -0.493 e. The molecule has 0 fully saturated rings. The van der Waals surface area contributed by atoms with E-state index in [-0.39, 0.29) is 24.0 Å². The Morgan fingerprint density at radius 3 is 2.56 bits per heavy atom. The average Bonchev–Trinajstić information content (AvgIpc) is 3.21. The van der Waals surface area contributed by atoms with Gasteiger partial charge in [0.25, 0.3) is 0 Å². The third-order valence-corrected chi connectivity index (χ3v) is 5.14. The number of aliphatic imine (C=N–C) groups is 1. The molecule has 0 aliphatic rings. The number of hydrogen-bond acceptors (Lipinski definition) is 4. The van der Waals surface area contributed by atoms with E-state index in [9.17, 15) is 0 Å². The summed E-state index contributed by atoms with van der Waals surface area (Å²) >= 11 is 1.74. The van der Waals surface area contributed by atoms with Crippen molar-refractivity contribution in [3.63, 3.8) is 0 Å². The lowest BCUT2D eigenvalue weighted by atomic mass is 10.1. The number of likely N-dealkylation sites (N-methyl/N-ethyl adjacent to an activating group) is 1. The van der Waals surface area contributed by atoms with E-state index in [1.54, 1.807) is 25.6 Å². The van der Waals surface area contributed by atoms with Crippen molar-refractivity contribution in [3.05, 3.63) is 46.2 Å². The molecular weight excluding hydrogens is 473 g/mol. The van der Waals surface area contributed by atoms with Gasteiger partial charge in [0.15, 0.2) is 17.5 Å². The van der Waals surface area contributed by atoms with Crippen LogP contribution in [-0.4, -0.2) is 52.3 Å². The van der Waals surface area contributed by atoms with Crippen LogP contribution in [0, 0.1) is 0 Å². The monoisotopic (exact) mass is 503 g/mol. The summed E-state index contributed by atoms with van der Waals surface area (Å²) in [4.78, 5) is 6.55. The second kappa shape index (κ2) is 12.1. The van der Waals surface area contributed by atoms with Gasteiger partial charge in [0.05, 0.1) is 14.2 Å². The van der Waals surface area contributed by atoms with Gasteiger partial charge in [-0.25, -0.2) is 0 Å². The van der Waals surface area contributed by atoms with Gasteiger partial charge in [-0.15, -0.1) is 24.0 Å². The highest BCUT2D eigenvalue weighted by Crippen LogP contribution is 2.27. The summed E-state index contributed by atoms with van der Waals surface area (Å²) < 4.78 is 10.7. The Hall–Kier alpha value is -1.48. The fourth-order valence-corrected chi connectivity index (χ4v) is 3.52. The molecule has 1 N–H and O–H groups in total. The van der Waals surface area contributed by atoms with Gasteiger partial charge < -0.3 is 19.7 Å². The van der Waals surface area contributed by atoms with Crippen molar-refractivity contribution in [2.24, 2.45) is 4.99 Å². The molecule has 1 aromatic heterocycles. The number of nitrogens with one attached hydrogen (secondary N) is 1. The standard InChI is InChI=1S/C20H29N3O2S.HI/c1-15(17-9-11-26-14-17)13-22-20(21-2)23(3)10-8-16-6-7-18(24-4)19(12-16)25-5;/h6-7,9,11-12,14-15H,8,10,13H2,1-5H3,(H,21,22);1H. The van der Waals surface area contributed by atoms with Gasteiger partial charge in [0.2, 0.25) is 0 Å². The first kappa shape index (κ1) is 23.6. The summed E-state index contributed by atoms with van der Waals surface area (Å²) in [5, 5.41) is 7.80. The molecule has 0 saturated heterocycles. The first-order chi connectivity index (χ1) is 12.6. The Kier molecular flexibility index (Phi) is 10.5. The summed E-state index contributed by atoms with van der Waals surface area (Å²) in [6.07, 6.45) is 0.900. The smallest absolute Gasteiger partial charge is 0.193 e. The molecule has 0 radical (unpaired) electrons. The Bertz CT molecular complexity index is 707. The van der Waals surface area contributed by atoms with Crippen LogP contribution in [0.2, 0.25) is 0 Å². The molecule has 1 atom stereocenters. The Morgan fingerprint density at radius 2 is 1.96 bits per heavy atom. The first-order valence-corrected chi connectivity index (χ1v) is 9.68. The van der Waals surface area contributed by atoms with Gasteiger partial charge in [-0.3, -0.25) is 4.99 Å². The first-order valence-electron chi connectivity index (χ1n) is 8.73. The lowest BCUT2D eigenvalue weighted by Crippen LogP contribution is -2.41. The molecule has 1 heterocycles. The van der Waals surface area contributed by atoms with E-state index in [0.717, 1.165) is 37.0 Å². The van der Waals surface area contributed by atoms with E-state index >= 15 is 0 Å². The molecule has 0 amide bonds. The Morgan fingerprint density at radius 1 is 1.22 bits per heavy atom. The maximum atomic E-state index is 5.38. The van der Waals surface area contributed by atoms with Gasteiger partial charge in [0.1, 0.15) is 0 Å². The minimum absolute atomic E-state index is 0. The van der Waals surface area contributed by atoms with Crippen molar-refractivity contribution in [3.8, 4) is 11.5 Å². The summed E-state index contributed by atoms with van der Waals surface area (Å²) in [5.41, 5.74) is 2.57. The molecule has 150 valence electrons. The largest absolute Gasteiger partial charge is 0.493 e. The van der Waals surface area contributed by atoms with Crippen LogP contribution in [0.3, 0.4) is 0 Å². The Labute approximate surface area is 183 Å². The Balaban J connectivity index is 0.00000364. The molecule has 0 saturated carbocycles. The molecule has 0 aliphatic heterocycles. The van der Waals surface area contributed by atoms with Gasteiger partial charge in [-0.05, 0) is 52.4 Å². The highest BCUT2D eigenvalue weighted by Gasteiger charge is 2.11. The third kappa shape index (κ3) is 6.88. The zero-order valence-corrected chi connectivity index (χ0v) is 19.8. The van der Waals surface area contributed by atoms with Gasteiger partial charge in [0, 0.05) is 27.2 Å². The molecule has 0 spiro atoms. The van der Waals surface area contributed by atoms with Crippen LogP contribution in [0.15, 0.2) is 40.0 Å². The van der Waals surface area contributed by atoms with Crippen molar-refractivity contribution < 1.29 is 9.47 Å². The average molecular weight is 503 g/mol. The van der Waals surface area contributed by atoms with Crippen molar-refractivity contribution in [1.29, 1.82) is 0 Å². The molecule has 7 heteroatoms.